The minimum atomic E-state index is -3.68. The van der Waals surface area contributed by atoms with Crippen LogP contribution in [0.4, 0.5) is 4.79 Å². The molecule has 9 nitrogen and oxygen atoms in total. The molecule has 4 atom stereocenters. The molecule has 0 fully saturated rings. The smallest absolute Gasteiger partial charge is 0.408 e. The normalized spacial score (nSPS) is 15.8. The van der Waals surface area contributed by atoms with Crippen LogP contribution < -0.4 is 10.6 Å². The quantitative estimate of drug-likeness (QED) is 0.272. The van der Waals surface area contributed by atoms with Crippen molar-refractivity contribution in [3.8, 4) is 0 Å². The molecule has 2 N–H and O–H groups in total. The maximum atomic E-state index is 13.7. The first-order valence-electron chi connectivity index (χ1n) is 12.3. The van der Waals surface area contributed by atoms with Gasteiger partial charge in [0.05, 0.1) is 0 Å². The summed E-state index contributed by atoms with van der Waals surface area (Å²) in [7, 11) is -2.42. The summed E-state index contributed by atoms with van der Waals surface area (Å²) >= 11 is 0. The molecule has 0 aliphatic rings. The third-order valence-corrected chi connectivity index (χ3v) is 8.15. The molecule has 0 spiro atoms. The summed E-state index contributed by atoms with van der Waals surface area (Å²) in [6.45, 7) is 12.8. The van der Waals surface area contributed by atoms with Gasteiger partial charge in [-0.15, -0.1) is 0 Å². The summed E-state index contributed by atoms with van der Waals surface area (Å²) in [6, 6.07) is 8.27. The van der Waals surface area contributed by atoms with Crippen LogP contribution in [-0.4, -0.2) is 48.7 Å². The van der Waals surface area contributed by atoms with Gasteiger partial charge in [-0.05, 0) is 44.6 Å². The van der Waals surface area contributed by atoms with E-state index in [4.69, 9.17) is 14.0 Å². The fourth-order valence-electron chi connectivity index (χ4n) is 3.47. The van der Waals surface area contributed by atoms with E-state index in [-0.39, 0.29) is 18.4 Å². The lowest BCUT2D eigenvalue weighted by Gasteiger charge is -2.31. The van der Waals surface area contributed by atoms with E-state index in [0.717, 1.165) is 5.56 Å². The van der Waals surface area contributed by atoms with E-state index in [1.807, 2.05) is 58.0 Å². The van der Waals surface area contributed by atoms with Crippen molar-refractivity contribution < 1.29 is 32.9 Å². The molecule has 1 rings (SSSR count). The van der Waals surface area contributed by atoms with E-state index < -0.39 is 48.9 Å². The molecule has 1 aromatic rings. The first kappa shape index (κ1) is 31.6. The first-order valence-corrected chi connectivity index (χ1v) is 14.2. The molecule has 0 aliphatic heterocycles. The Kier molecular flexibility index (Phi) is 12.6. The summed E-state index contributed by atoms with van der Waals surface area (Å²) < 4.78 is 29.7. The van der Waals surface area contributed by atoms with E-state index in [1.165, 1.54) is 7.11 Å². The SMILES string of the molecule is CC[C@H](C)[C@H](NC(=O)OCc1ccccc1)C(=O)NC(CC(C)C)P(=O)(CC(=O)OC(C)(C)C)OC. The zero-order valence-electron chi connectivity index (χ0n) is 22.8. The summed E-state index contributed by atoms with van der Waals surface area (Å²) in [5, 5.41) is 5.44. The Morgan fingerprint density at radius 1 is 1.03 bits per heavy atom. The second-order valence-electron chi connectivity index (χ2n) is 10.4. The summed E-state index contributed by atoms with van der Waals surface area (Å²) in [5.74, 6) is -2.31. The lowest BCUT2D eigenvalue weighted by atomic mass is 9.98. The Bertz CT molecular complexity index is 899. The number of nitrogens with one attached hydrogen (secondary N) is 2. The number of carbonyl (C=O) groups is 3. The monoisotopic (exact) mass is 526 g/mol. The standard InChI is InChI=1S/C26H43N2O7P/c1-9-19(4)23(28-25(31)34-16-20-13-11-10-12-14-20)24(30)27-21(15-18(2)3)36(32,33-8)17-22(29)35-26(5,6)7/h10-14,18-19,21,23H,9,15-17H2,1-8H3,(H,27,30)(H,28,31)/t19-,21?,23-,36?/m0/s1. The van der Waals surface area contributed by atoms with Crippen molar-refractivity contribution in [2.24, 2.45) is 11.8 Å². The number of hydrogen-bond donors (Lipinski definition) is 2. The van der Waals surface area contributed by atoms with Crippen LogP contribution in [0.3, 0.4) is 0 Å². The second kappa shape index (κ2) is 14.4. The highest BCUT2D eigenvalue weighted by Crippen LogP contribution is 2.52. The Morgan fingerprint density at radius 3 is 2.14 bits per heavy atom. The second-order valence-corrected chi connectivity index (χ2v) is 13.1. The Hall–Kier alpha value is -2.38. The number of hydrogen-bond acceptors (Lipinski definition) is 7. The highest BCUT2D eigenvalue weighted by Gasteiger charge is 2.40. The highest BCUT2D eigenvalue weighted by atomic mass is 31.2. The third-order valence-electron chi connectivity index (χ3n) is 5.54. The largest absolute Gasteiger partial charge is 0.460 e. The van der Waals surface area contributed by atoms with Crippen LogP contribution in [-0.2, 0) is 34.8 Å². The predicted octanol–water partition coefficient (Wildman–Crippen LogP) is 5.08. The van der Waals surface area contributed by atoms with Gasteiger partial charge in [-0.2, -0.15) is 0 Å². The van der Waals surface area contributed by atoms with Crippen molar-refractivity contribution in [2.45, 2.75) is 85.3 Å². The molecular weight excluding hydrogens is 483 g/mol. The molecule has 0 radical (unpaired) electrons. The van der Waals surface area contributed by atoms with E-state index in [0.29, 0.717) is 12.8 Å². The average Bonchev–Trinajstić information content (AvgIpc) is 2.79. The molecule has 0 bridgehead atoms. The molecule has 204 valence electrons. The molecule has 0 aliphatic carbocycles. The first-order chi connectivity index (χ1) is 16.7. The van der Waals surface area contributed by atoms with Crippen molar-refractivity contribution in [3.63, 3.8) is 0 Å². The third kappa shape index (κ3) is 11.1. The number of amides is 2. The lowest BCUT2D eigenvalue weighted by molar-refractivity contribution is -0.151. The zero-order valence-corrected chi connectivity index (χ0v) is 23.7. The van der Waals surface area contributed by atoms with Crippen LogP contribution >= 0.6 is 7.37 Å². The predicted molar refractivity (Wildman–Crippen MR) is 140 cm³/mol. The van der Waals surface area contributed by atoms with Crippen LogP contribution in [0.1, 0.15) is 66.9 Å². The van der Waals surface area contributed by atoms with Crippen molar-refractivity contribution >= 4 is 25.3 Å². The van der Waals surface area contributed by atoms with Crippen LogP contribution in [0.15, 0.2) is 30.3 Å². The van der Waals surface area contributed by atoms with E-state index >= 15 is 0 Å². The lowest BCUT2D eigenvalue weighted by Crippen LogP contribution is -2.53. The van der Waals surface area contributed by atoms with Gasteiger partial charge >= 0.3 is 12.1 Å². The van der Waals surface area contributed by atoms with Gasteiger partial charge in [0.2, 0.25) is 13.3 Å². The Labute approximate surface area is 215 Å². The van der Waals surface area contributed by atoms with Crippen molar-refractivity contribution in [3.05, 3.63) is 35.9 Å². The number of carbonyl (C=O) groups excluding carboxylic acids is 3. The minimum absolute atomic E-state index is 0.0447. The van der Waals surface area contributed by atoms with E-state index in [9.17, 15) is 18.9 Å². The molecule has 36 heavy (non-hydrogen) atoms. The topological polar surface area (TPSA) is 120 Å². The van der Waals surface area contributed by atoms with Crippen LogP contribution in [0.25, 0.3) is 0 Å². The number of alkyl carbamates (subject to hydrolysis) is 1. The number of benzene rings is 1. The van der Waals surface area contributed by atoms with Gasteiger partial charge in [-0.3, -0.25) is 14.2 Å². The van der Waals surface area contributed by atoms with Crippen LogP contribution in [0, 0.1) is 11.8 Å². The molecule has 0 aromatic heterocycles. The van der Waals surface area contributed by atoms with Gasteiger partial charge in [-0.1, -0.05) is 64.4 Å². The molecule has 2 unspecified atom stereocenters. The van der Waals surface area contributed by atoms with E-state index in [1.54, 1.807) is 20.8 Å². The van der Waals surface area contributed by atoms with Gasteiger partial charge in [-0.25, -0.2) is 4.79 Å². The minimum Gasteiger partial charge on any atom is -0.460 e. The van der Waals surface area contributed by atoms with Crippen molar-refractivity contribution in [1.82, 2.24) is 10.6 Å². The molecule has 0 saturated heterocycles. The number of rotatable bonds is 13. The number of ether oxygens (including phenoxy) is 2. The Balaban J connectivity index is 3.03. The van der Waals surface area contributed by atoms with Gasteiger partial charge in [0, 0.05) is 7.11 Å². The van der Waals surface area contributed by atoms with Gasteiger partial charge in [0.1, 0.15) is 30.2 Å². The number of esters is 1. The maximum absolute atomic E-state index is 13.7. The van der Waals surface area contributed by atoms with Gasteiger partial charge in [0.25, 0.3) is 0 Å². The van der Waals surface area contributed by atoms with E-state index in [2.05, 4.69) is 10.6 Å². The zero-order chi connectivity index (χ0) is 27.5. The van der Waals surface area contributed by atoms with Crippen LogP contribution in [0.2, 0.25) is 0 Å². The molecule has 10 heteroatoms. The molecule has 2 amide bonds. The molecular formula is C26H43N2O7P. The van der Waals surface area contributed by atoms with Crippen molar-refractivity contribution in [1.29, 1.82) is 0 Å². The molecule has 0 saturated carbocycles. The molecule has 1 aromatic carbocycles. The highest BCUT2D eigenvalue weighted by molar-refractivity contribution is 7.60. The van der Waals surface area contributed by atoms with Crippen molar-refractivity contribution in [2.75, 3.05) is 13.3 Å². The fourth-order valence-corrected chi connectivity index (χ4v) is 5.56. The fraction of sp³-hybridized carbons (Fsp3) is 0.654. The van der Waals surface area contributed by atoms with Gasteiger partial charge in [0.15, 0.2) is 0 Å². The Morgan fingerprint density at radius 2 is 1.64 bits per heavy atom. The summed E-state index contributed by atoms with van der Waals surface area (Å²) in [4.78, 5) is 38.3. The van der Waals surface area contributed by atoms with Crippen LogP contribution in [0.5, 0.6) is 0 Å². The van der Waals surface area contributed by atoms with Gasteiger partial charge < -0.3 is 24.6 Å². The molecule has 0 heterocycles. The summed E-state index contributed by atoms with van der Waals surface area (Å²) in [5.41, 5.74) is 0.0652. The summed E-state index contributed by atoms with van der Waals surface area (Å²) in [6.07, 6.45) is -0.292. The average molecular weight is 527 g/mol. The maximum Gasteiger partial charge on any atom is 0.408 e.